The largest absolute Gasteiger partial charge is 0.462 e. The van der Waals surface area contributed by atoms with Crippen LogP contribution in [0.1, 0.15) is 27.7 Å². The minimum atomic E-state index is -0.378. The highest BCUT2D eigenvalue weighted by Gasteiger charge is 2.29. The monoisotopic (exact) mass is 341 g/mol. The van der Waals surface area contributed by atoms with E-state index in [-0.39, 0.29) is 11.9 Å². The molecule has 0 unspecified atom stereocenters. The molecule has 0 radical (unpaired) electrons. The molecule has 1 fully saturated rings. The lowest BCUT2D eigenvalue weighted by molar-refractivity contribution is -0.909. The van der Waals surface area contributed by atoms with E-state index in [1.807, 2.05) is 13.8 Å². The van der Waals surface area contributed by atoms with Gasteiger partial charge in [0.15, 0.2) is 6.54 Å². The van der Waals surface area contributed by atoms with Gasteiger partial charge in [0.1, 0.15) is 18.1 Å². The molecule has 1 aromatic heterocycles. The van der Waals surface area contributed by atoms with Crippen molar-refractivity contribution in [3.63, 3.8) is 0 Å². The van der Waals surface area contributed by atoms with Crippen molar-refractivity contribution in [3.8, 4) is 0 Å². The summed E-state index contributed by atoms with van der Waals surface area (Å²) in [6.07, 6.45) is 0. The number of anilines is 1. The third-order valence-electron chi connectivity index (χ3n) is 4.19. The van der Waals surface area contributed by atoms with E-state index >= 15 is 0 Å². The maximum absolute atomic E-state index is 12.4. The van der Waals surface area contributed by atoms with E-state index in [4.69, 9.17) is 9.47 Å². The summed E-state index contributed by atoms with van der Waals surface area (Å²) in [7, 11) is 2.05. The average molecular weight is 341 g/mol. The van der Waals surface area contributed by atoms with Crippen LogP contribution < -0.4 is 5.32 Å². The summed E-state index contributed by atoms with van der Waals surface area (Å²) in [4.78, 5) is 25.6. The zero-order valence-electron chi connectivity index (χ0n) is 14.2. The van der Waals surface area contributed by atoms with Gasteiger partial charge >= 0.3 is 5.97 Å². The van der Waals surface area contributed by atoms with Crippen molar-refractivity contribution in [3.05, 3.63) is 16.0 Å². The Morgan fingerprint density at radius 1 is 1.30 bits per heavy atom. The van der Waals surface area contributed by atoms with E-state index in [1.54, 1.807) is 6.92 Å². The van der Waals surface area contributed by atoms with E-state index in [0.29, 0.717) is 41.4 Å². The molecule has 128 valence electrons. The quantitative estimate of drug-likeness (QED) is 0.657. The molecule has 1 saturated heterocycles. The van der Waals surface area contributed by atoms with Crippen molar-refractivity contribution in [1.29, 1.82) is 0 Å². The molecular weight excluding hydrogens is 316 g/mol. The minimum Gasteiger partial charge on any atom is -0.462 e. The molecule has 1 aromatic rings. The Kier molecular flexibility index (Phi) is 5.78. The summed E-state index contributed by atoms with van der Waals surface area (Å²) in [5.74, 6) is -0.461. The number of nitrogens with one attached hydrogen (secondary N) is 1. The molecule has 0 spiro atoms. The number of rotatable bonds is 5. The molecule has 6 nitrogen and oxygen atoms in total. The van der Waals surface area contributed by atoms with Gasteiger partial charge in [0, 0.05) is 4.88 Å². The maximum atomic E-state index is 12.4. The Balaban J connectivity index is 2.11. The highest BCUT2D eigenvalue weighted by atomic mass is 32.1. The Morgan fingerprint density at radius 3 is 2.57 bits per heavy atom. The Hall–Kier alpha value is -1.44. The van der Waals surface area contributed by atoms with Crippen molar-refractivity contribution < 1.29 is 23.5 Å². The van der Waals surface area contributed by atoms with E-state index < -0.39 is 0 Å². The van der Waals surface area contributed by atoms with Crippen molar-refractivity contribution in [2.24, 2.45) is 0 Å². The second-order valence-electron chi connectivity index (χ2n) is 6.09. The van der Waals surface area contributed by atoms with Gasteiger partial charge in [-0.15, -0.1) is 11.3 Å². The molecule has 0 bridgehead atoms. The van der Waals surface area contributed by atoms with E-state index in [9.17, 15) is 9.59 Å². The molecule has 1 aliphatic rings. The second kappa shape index (κ2) is 7.42. The van der Waals surface area contributed by atoms with Crippen LogP contribution in [-0.2, 0) is 14.3 Å². The molecular formula is C16H25N2O4S+. The lowest BCUT2D eigenvalue weighted by Gasteiger charge is -2.36. The maximum Gasteiger partial charge on any atom is 0.341 e. The second-order valence-corrected chi connectivity index (χ2v) is 7.32. The van der Waals surface area contributed by atoms with Crippen molar-refractivity contribution in [2.75, 3.05) is 51.8 Å². The third-order valence-corrected chi connectivity index (χ3v) is 5.32. The number of thiophene rings is 1. The molecule has 1 N–H and O–H groups in total. The summed E-state index contributed by atoms with van der Waals surface area (Å²) >= 11 is 1.42. The first-order valence-corrected chi connectivity index (χ1v) is 8.66. The van der Waals surface area contributed by atoms with Crippen LogP contribution in [0.2, 0.25) is 0 Å². The van der Waals surface area contributed by atoms with Gasteiger partial charge < -0.3 is 19.3 Å². The Labute approximate surface area is 141 Å². The zero-order chi connectivity index (χ0) is 17.0. The summed E-state index contributed by atoms with van der Waals surface area (Å²) in [5, 5.41) is 3.49. The Bertz CT molecular complexity index is 591. The molecule has 2 rings (SSSR count). The van der Waals surface area contributed by atoms with E-state index in [0.717, 1.165) is 23.5 Å². The summed E-state index contributed by atoms with van der Waals surface area (Å²) in [5.41, 5.74) is 1.35. The normalized spacial score (nSPS) is 16.9. The highest BCUT2D eigenvalue weighted by molar-refractivity contribution is 7.16. The molecule has 0 aromatic carbocycles. The molecule has 0 atom stereocenters. The zero-order valence-corrected chi connectivity index (χ0v) is 15.0. The third kappa shape index (κ3) is 4.31. The number of morpholine rings is 1. The van der Waals surface area contributed by atoms with Crippen LogP contribution in [0.3, 0.4) is 0 Å². The van der Waals surface area contributed by atoms with Gasteiger partial charge in [-0.05, 0) is 26.3 Å². The van der Waals surface area contributed by atoms with E-state index in [1.165, 1.54) is 11.3 Å². The van der Waals surface area contributed by atoms with Gasteiger partial charge in [-0.25, -0.2) is 4.79 Å². The average Bonchev–Trinajstić information content (AvgIpc) is 2.73. The van der Waals surface area contributed by atoms with Crippen LogP contribution in [0.5, 0.6) is 0 Å². The number of aryl methyl sites for hydroxylation is 1. The Morgan fingerprint density at radius 2 is 1.96 bits per heavy atom. The van der Waals surface area contributed by atoms with Crippen LogP contribution in [0.15, 0.2) is 0 Å². The summed E-state index contributed by atoms with van der Waals surface area (Å²) < 4.78 is 11.1. The fourth-order valence-electron chi connectivity index (χ4n) is 2.62. The number of hydrogen-bond acceptors (Lipinski definition) is 5. The minimum absolute atomic E-state index is 0.0822. The van der Waals surface area contributed by atoms with Gasteiger partial charge in [0.2, 0.25) is 0 Å². The lowest BCUT2D eigenvalue weighted by atomic mass is 10.1. The molecule has 7 heteroatoms. The smallest absolute Gasteiger partial charge is 0.341 e. The van der Waals surface area contributed by atoms with E-state index in [2.05, 4.69) is 12.4 Å². The predicted octanol–water partition coefficient (Wildman–Crippen LogP) is 1.96. The summed E-state index contributed by atoms with van der Waals surface area (Å²) in [6, 6.07) is 0. The number of carbonyl (C=O) groups is 2. The van der Waals surface area contributed by atoms with Gasteiger partial charge in [0.05, 0.1) is 32.4 Å². The molecule has 0 saturated carbocycles. The molecule has 1 amide bonds. The summed E-state index contributed by atoms with van der Waals surface area (Å²) in [6.45, 7) is 9.27. The number of quaternary nitrogens is 1. The van der Waals surface area contributed by atoms with Crippen LogP contribution in [0, 0.1) is 13.8 Å². The number of carbonyl (C=O) groups excluding carboxylic acids is 2. The molecule has 0 aliphatic carbocycles. The van der Waals surface area contributed by atoms with Gasteiger partial charge in [-0.3, -0.25) is 4.79 Å². The number of nitrogens with zero attached hydrogens (tertiary/aromatic N) is 1. The first kappa shape index (κ1) is 17.9. The standard InChI is InChI=1S/C16H24N2O4S/c1-5-22-16(20)14-11(2)12(3)23-15(14)17-13(19)10-18(4)6-8-21-9-7-18/h5-10H2,1-4H3/p+1. The van der Waals surface area contributed by atoms with Crippen molar-refractivity contribution >= 4 is 28.2 Å². The first-order chi connectivity index (χ1) is 10.9. The fraction of sp³-hybridized carbons (Fsp3) is 0.625. The van der Waals surface area contributed by atoms with Gasteiger partial charge in [0.25, 0.3) is 5.91 Å². The topological polar surface area (TPSA) is 64.6 Å². The van der Waals surface area contributed by atoms with Crippen LogP contribution >= 0.6 is 11.3 Å². The van der Waals surface area contributed by atoms with Crippen molar-refractivity contribution in [1.82, 2.24) is 0 Å². The number of amides is 1. The number of esters is 1. The number of likely N-dealkylation sites (N-methyl/N-ethyl adjacent to an activating group) is 1. The molecule has 1 aliphatic heterocycles. The van der Waals surface area contributed by atoms with Crippen molar-refractivity contribution in [2.45, 2.75) is 20.8 Å². The predicted molar refractivity (Wildman–Crippen MR) is 90.0 cm³/mol. The van der Waals surface area contributed by atoms with Crippen LogP contribution in [0.25, 0.3) is 0 Å². The van der Waals surface area contributed by atoms with Crippen LogP contribution in [0.4, 0.5) is 5.00 Å². The van der Waals surface area contributed by atoms with Gasteiger partial charge in [-0.1, -0.05) is 0 Å². The van der Waals surface area contributed by atoms with Crippen LogP contribution in [-0.4, -0.2) is 62.9 Å². The highest BCUT2D eigenvalue weighted by Crippen LogP contribution is 2.33. The molecule has 23 heavy (non-hydrogen) atoms. The number of hydrogen-bond donors (Lipinski definition) is 1. The fourth-order valence-corrected chi connectivity index (χ4v) is 3.68. The molecule has 2 heterocycles. The number of ether oxygens (including phenoxy) is 2. The first-order valence-electron chi connectivity index (χ1n) is 7.84. The lowest BCUT2D eigenvalue weighted by Crippen LogP contribution is -2.55. The van der Waals surface area contributed by atoms with Gasteiger partial charge in [-0.2, -0.15) is 0 Å². The SMILES string of the molecule is CCOC(=O)c1c(NC(=O)C[N+]2(C)CCOCC2)sc(C)c1C.